The third-order valence-corrected chi connectivity index (χ3v) is 3.38. The van der Waals surface area contributed by atoms with E-state index in [1.807, 2.05) is 13.0 Å². The van der Waals surface area contributed by atoms with Gasteiger partial charge in [0.2, 0.25) is 0 Å². The Morgan fingerprint density at radius 1 is 1.58 bits per heavy atom. The zero-order chi connectivity index (χ0) is 13.8. The highest BCUT2D eigenvalue weighted by molar-refractivity contribution is 9.10. The first-order valence-electron chi connectivity index (χ1n) is 5.52. The van der Waals surface area contributed by atoms with Crippen molar-refractivity contribution in [2.24, 2.45) is 12.1 Å². The summed E-state index contributed by atoms with van der Waals surface area (Å²) in [6.45, 7) is 1.82. The van der Waals surface area contributed by atoms with Gasteiger partial charge in [0.05, 0.1) is 16.4 Å². The summed E-state index contributed by atoms with van der Waals surface area (Å²) in [5.74, 6) is -0.324. The molecular formula is C12H12BrN5O. The summed E-state index contributed by atoms with van der Waals surface area (Å²) in [5, 5.41) is 8.03. The molecule has 7 heteroatoms. The van der Waals surface area contributed by atoms with Crippen LogP contribution in [0.5, 0.6) is 0 Å². The standard InChI is InChI=1S/C12H12BrN5O/c1-8-10(13)11(18(2)17-8)12(19)16-15-7-9-4-3-5-14-6-9/h3-7H,1-2H3,(H,16,19)/b15-7-. The third kappa shape index (κ3) is 3.05. The maximum absolute atomic E-state index is 12.0. The highest BCUT2D eigenvalue weighted by Crippen LogP contribution is 2.19. The number of carbonyl (C=O) groups is 1. The summed E-state index contributed by atoms with van der Waals surface area (Å²) in [5.41, 5.74) is 4.45. The second-order valence-electron chi connectivity index (χ2n) is 3.86. The van der Waals surface area contributed by atoms with Crippen LogP contribution in [0.1, 0.15) is 21.7 Å². The summed E-state index contributed by atoms with van der Waals surface area (Å²) in [6, 6.07) is 3.64. The normalized spacial score (nSPS) is 10.9. The van der Waals surface area contributed by atoms with E-state index in [0.29, 0.717) is 10.2 Å². The topological polar surface area (TPSA) is 72.2 Å². The second-order valence-corrected chi connectivity index (χ2v) is 4.65. The van der Waals surface area contributed by atoms with Crippen LogP contribution in [0.3, 0.4) is 0 Å². The number of amides is 1. The maximum atomic E-state index is 12.0. The Labute approximate surface area is 118 Å². The maximum Gasteiger partial charge on any atom is 0.290 e. The fourth-order valence-corrected chi connectivity index (χ4v) is 2.07. The van der Waals surface area contributed by atoms with Crippen LogP contribution in [0, 0.1) is 6.92 Å². The van der Waals surface area contributed by atoms with Crippen molar-refractivity contribution in [2.45, 2.75) is 6.92 Å². The van der Waals surface area contributed by atoms with Gasteiger partial charge in [0.15, 0.2) is 0 Å². The number of hydrogen-bond donors (Lipinski definition) is 1. The van der Waals surface area contributed by atoms with Gasteiger partial charge in [-0.2, -0.15) is 10.2 Å². The predicted octanol–water partition coefficient (Wildman–Crippen LogP) is 1.65. The van der Waals surface area contributed by atoms with Crippen molar-refractivity contribution in [3.63, 3.8) is 0 Å². The molecule has 0 aliphatic rings. The van der Waals surface area contributed by atoms with E-state index < -0.39 is 0 Å². The van der Waals surface area contributed by atoms with Gasteiger partial charge in [-0.05, 0) is 28.9 Å². The van der Waals surface area contributed by atoms with Crippen LogP contribution in [-0.4, -0.2) is 26.9 Å². The molecule has 1 amide bonds. The molecular weight excluding hydrogens is 310 g/mol. The number of rotatable bonds is 3. The summed E-state index contributed by atoms with van der Waals surface area (Å²) in [4.78, 5) is 15.9. The predicted molar refractivity (Wildman–Crippen MR) is 74.9 cm³/mol. The summed E-state index contributed by atoms with van der Waals surface area (Å²) in [6.07, 6.45) is 4.85. The number of hydrogen-bond acceptors (Lipinski definition) is 4. The molecule has 0 aromatic carbocycles. The van der Waals surface area contributed by atoms with Crippen LogP contribution in [0.25, 0.3) is 0 Å². The van der Waals surface area contributed by atoms with Crippen molar-refractivity contribution < 1.29 is 4.79 Å². The molecule has 0 spiro atoms. The van der Waals surface area contributed by atoms with E-state index in [1.54, 1.807) is 25.5 Å². The average Bonchev–Trinajstić information content (AvgIpc) is 2.64. The molecule has 2 rings (SSSR count). The zero-order valence-corrected chi connectivity index (χ0v) is 12.0. The quantitative estimate of drug-likeness (QED) is 0.690. The molecule has 2 heterocycles. The minimum Gasteiger partial charge on any atom is -0.266 e. The lowest BCUT2D eigenvalue weighted by molar-refractivity contribution is 0.0945. The van der Waals surface area contributed by atoms with Gasteiger partial charge in [0, 0.05) is 25.0 Å². The molecule has 6 nitrogen and oxygen atoms in total. The van der Waals surface area contributed by atoms with Gasteiger partial charge in [0.25, 0.3) is 5.91 Å². The van der Waals surface area contributed by atoms with Gasteiger partial charge >= 0.3 is 0 Å². The molecule has 19 heavy (non-hydrogen) atoms. The lowest BCUT2D eigenvalue weighted by atomic mass is 10.3. The summed E-state index contributed by atoms with van der Waals surface area (Å²) >= 11 is 3.33. The first kappa shape index (κ1) is 13.4. The summed E-state index contributed by atoms with van der Waals surface area (Å²) < 4.78 is 2.18. The van der Waals surface area contributed by atoms with E-state index in [4.69, 9.17) is 0 Å². The Kier molecular flexibility index (Phi) is 4.06. The average molecular weight is 322 g/mol. The number of aryl methyl sites for hydroxylation is 2. The van der Waals surface area contributed by atoms with Gasteiger partial charge in [0.1, 0.15) is 5.69 Å². The Balaban J connectivity index is 2.08. The Morgan fingerprint density at radius 2 is 2.37 bits per heavy atom. The fourth-order valence-electron chi connectivity index (χ4n) is 1.55. The molecule has 0 atom stereocenters. The number of aromatic nitrogens is 3. The van der Waals surface area contributed by atoms with Crippen molar-refractivity contribution in [3.8, 4) is 0 Å². The van der Waals surface area contributed by atoms with Gasteiger partial charge in [-0.25, -0.2) is 5.43 Å². The number of nitrogens with one attached hydrogen (secondary N) is 1. The van der Waals surface area contributed by atoms with Crippen molar-refractivity contribution >= 4 is 28.1 Å². The molecule has 0 radical (unpaired) electrons. The molecule has 2 aromatic rings. The van der Waals surface area contributed by atoms with Gasteiger partial charge in [-0.1, -0.05) is 6.07 Å². The van der Waals surface area contributed by atoms with E-state index in [-0.39, 0.29) is 5.91 Å². The van der Waals surface area contributed by atoms with Crippen LogP contribution in [0.15, 0.2) is 34.1 Å². The van der Waals surface area contributed by atoms with Crippen LogP contribution in [0.4, 0.5) is 0 Å². The van der Waals surface area contributed by atoms with E-state index in [9.17, 15) is 4.79 Å². The zero-order valence-electron chi connectivity index (χ0n) is 10.5. The number of halogens is 1. The van der Waals surface area contributed by atoms with Crippen molar-refractivity contribution in [1.29, 1.82) is 0 Å². The third-order valence-electron chi connectivity index (χ3n) is 2.43. The molecule has 0 saturated heterocycles. The van der Waals surface area contributed by atoms with Crippen LogP contribution in [0.2, 0.25) is 0 Å². The van der Waals surface area contributed by atoms with Gasteiger partial charge in [-0.15, -0.1) is 0 Å². The largest absolute Gasteiger partial charge is 0.290 e. The minimum atomic E-state index is -0.324. The minimum absolute atomic E-state index is 0.324. The second kappa shape index (κ2) is 5.75. The Hall–Kier alpha value is -2.02. The van der Waals surface area contributed by atoms with Crippen LogP contribution in [-0.2, 0) is 7.05 Å². The molecule has 98 valence electrons. The molecule has 0 aliphatic carbocycles. The number of nitrogens with zero attached hydrogens (tertiary/aromatic N) is 4. The molecule has 2 aromatic heterocycles. The van der Waals surface area contributed by atoms with Gasteiger partial charge in [-0.3, -0.25) is 14.5 Å². The van der Waals surface area contributed by atoms with E-state index in [1.165, 1.54) is 10.9 Å². The molecule has 0 saturated carbocycles. The van der Waals surface area contributed by atoms with E-state index >= 15 is 0 Å². The molecule has 0 bridgehead atoms. The van der Waals surface area contributed by atoms with Gasteiger partial charge < -0.3 is 0 Å². The monoisotopic (exact) mass is 321 g/mol. The molecule has 1 N–H and O–H groups in total. The smallest absolute Gasteiger partial charge is 0.266 e. The first-order valence-corrected chi connectivity index (χ1v) is 6.31. The van der Waals surface area contributed by atoms with Crippen LogP contribution >= 0.6 is 15.9 Å². The molecule has 0 aliphatic heterocycles. The SMILES string of the molecule is Cc1nn(C)c(C(=O)N/N=C\c2cccnc2)c1Br. The first-order chi connectivity index (χ1) is 9.09. The van der Waals surface area contributed by atoms with Crippen LogP contribution < -0.4 is 5.43 Å². The summed E-state index contributed by atoms with van der Waals surface area (Å²) in [7, 11) is 1.71. The fraction of sp³-hybridized carbons (Fsp3) is 0.167. The lowest BCUT2D eigenvalue weighted by Gasteiger charge is -2.00. The van der Waals surface area contributed by atoms with Crippen molar-refractivity contribution in [1.82, 2.24) is 20.2 Å². The molecule has 0 unspecified atom stereocenters. The van der Waals surface area contributed by atoms with E-state index in [2.05, 4.69) is 36.5 Å². The number of carbonyl (C=O) groups excluding carboxylic acids is 1. The molecule has 0 fully saturated rings. The number of hydrazone groups is 1. The van der Waals surface area contributed by atoms with E-state index in [0.717, 1.165) is 11.3 Å². The Morgan fingerprint density at radius 3 is 2.95 bits per heavy atom. The lowest BCUT2D eigenvalue weighted by Crippen LogP contribution is -2.21. The number of pyridine rings is 1. The highest BCUT2D eigenvalue weighted by Gasteiger charge is 2.17. The highest BCUT2D eigenvalue weighted by atomic mass is 79.9. The van der Waals surface area contributed by atoms with Crippen molar-refractivity contribution in [3.05, 3.63) is 46.0 Å². The van der Waals surface area contributed by atoms with Crippen molar-refractivity contribution in [2.75, 3.05) is 0 Å². The Bertz CT molecular complexity index is 621.